The Hall–Kier alpha value is -0.390. The molecular weight excluding hydrogens is 301 g/mol. The average Bonchev–Trinajstić information content (AvgIpc) is 2.46. The van der Waals surface area contributed by atoms with E-state index in [1.807, 2.05) is 0 Å². The van der Waals surface area contributed by atoms with Gasteiger partial charge in [-0.3, -0.25) is 0 Å². The van der Waals surface area contributed by atoms with E-state index in [9.17, 15) is 9.90 Å². The molecule has 1 saturated heterocycles. The molecule has 4 nitrogen and oxygen atoms in total. The van der Waals surface area contributed by atoms with Gasteiger partial charge in [-0.05, 0) is 56.2 Å². The normalized spacial score (nSPS) is 29.7. The molecule has 0 amide bonds. The van der Waals surface area contributed by atoms with E-state index in [2.05, 4.69) is 37.4 Å². The van der Waals surface area contributed by atoms with Crippen molar-refractivity contribution in [3.8, 4) is 0 Å². The van der Waals surface area contributed by atoms with Crippen molar-refractivity contribution in [1.29, 1.82) is 0 Å². The summed E-state index contributed by atoms with van der Waals surface area (Å²) in [5, 5.41) is 14.5. The molecule has 2 aliphatic rings. The second kappa shape index (κ2) is 7.66. The Labute approximate surface area is 160 Å². The zero-order valence-corrected chi connectivity index (χ0v) is 16.4. The largest absolute Gasteiger partial charge is 1.00 e. The van der Waals surface area contributed by atoms with Gasteiger partial charge in [0, 0.05) is 31.1 Å². The van der Waals surface area contributed by atoms with E-state index in [1.165, 1.54) is 16.7 Å². The van der Waals surface area contributed by atoms with E-state index in [-0.39, 0.29) is 41.1 Å². The van der Waals surface area contributed by atoms with E-state index < -0.39 is 5.97 Å². The van der Waals surface area contributed by atoms with E-state index in [1.54, 1.807) is 0 Å². The number of hydrogen-bond donors (Lipinski definition) is 1. The molecule has 23 heavy (non-hydrogen) atoms. The number of carbonyl (C=O) groups excluding carboxylic acids is 1. The Kier molecular flexibility index (Phi) is 6.31. The van der Waals surface area contributed by atoms with Crippen LogP contribution in [0.25, 0.3) is 0 Å². The number of nitrogens with one attached hydrogen (secondary N) is 1. The average molecular weight is 325 g/mol. The second-order valence-corrected chi connectivity index (χ2v) is 6.94. The molecule has 1 aliphatic carbocycles. The maximum absolute atomic E-state index is 10.9. The van der Waals surface area contributed by atoms with Crippen molar-refractivity contribution >= 4 is 5.97 Å². The predicted molar refractivity (Wildman–Crippen MR) is 82.2 cm³/mol. The molecule has 1 heterocycles. The molecule has 1 atom stereocenters. The number of carboxylic acids is 1. The van der Waals surface area contributed by atoms with E-state index >= 15 is 0 Å². The summed E-state index contributed by atoms with van der Waals surface area (Å²) in [6.07, 6.45) is 3.11. The third-order valence-electron chi connectivity index (χ3n) is 5.23. The minimum absolute atomic E-state index is 0. The molecule has 1 aliphatic heterocycles. The van der Waals surface area contributed by atoms with Crippen LogP contribution in [0.1, 0.15) is 42.4 Å². The van der Waals surface area contributed by atoms with Crippen molar-refractivity contribution in [2.75, 3.05) is 6.61 Å². The molecule has 0 aromatic heterocycles. The minimum atomic E-state index is -0.931. The van der Waals surface area contributed by atoms with Crippen molar-refractivity contribution < 1.29 is 44.2 Å². The molecule has 0 bridgehead atoms. The van der Waals surface area contributed by atoms with Crippen molar-refractivity contribution in [2.24, 2.45) is 5.92 Å². The third-order valence-corrected chi connectivity index (χ3v) is 5.23. The molecule has 1 aromatic rings. The zero-order valence-electron chi connectivity index (χ0n) is 14.4. The first-order valence-electron chi connectivity index (χ1n) is 8.12. The van der Waals surface area contributed by atoms with Gasteiger partial charge < -0.3 is 20.0 Å². The summed E-state index contributed by atoms with van der Waals surface area (Å²) in [5.41, 5.74) is 3.71. The second-order valence-electron chi connectivity index (χ2n) is 6.94. The Balaban J connectivity index is 0.00000192. The summed E-state index contributed by atoms with van der Waals surface area (Å²) in [6, 6.07) is 6.96. The number of aliphatic carboxylic acids is 1. The predicted octanol–water partition coefficient (Wildman–Crippen LogP) is -1.53. The van der Waals surface area contributed by atoms with Crippen LogP contribution in [0, 0.1) is 19.8 Å². The molecule has 5 heteroatoms. The van der Waals surface area contributed by atoms with Crippen LogP contribution in [0.15, 0.2) is 18.2 Å². The van der Waals surface area contributed by atoms with Gasteiger partial charge in [0.25, 0.3) is 0 Å². The first kappa shape index (κ1) is 18.9. The van der Waals surface area contributed by atoms with Crippen LogP contribution in [-0.4, -0.2) is 24.2 Å². The number of ether oxygens (including phenoxy) is 1. The van der Waals surface area contributed by atoms with Crippen LogP contribution in [0.2, 0.25) is 0 Å². The van der Waals surface area contributed by atoms with Crippen LogP contribution in [0.5, 0.6) is 0 Å². The number of aryl methyl sites for hydroxylation is 2. The van der Waals surface area contributed by atoms with Crippen LogP contribution >= 0.6 is 0 Å². The quantitative estimate of drug-likeness (QED) is 0.683. The first-order chi connectivity index (χ1) is 10.5. The van der Waals surface area contributed by atoms with Gasteiger partial charge in [0.1, 0.15) is 0 Å². The van der Waals surface area contributed by atoms with Crippen LogP contribution < -0.4 is 40.0 Å². The summed E-state index contributed by atoms with van der Waals surface area (Å²) < 4.78 is 5.87. The van der Waals surface area contributed by atoms with Crippen LogP contribution in [0.3, 0.4) is 0 Å². The van der Waals surface area contributed by atoms with Crippen molar-refractivity contribution in [3.05, 3.63) is 34.9 Å². The number of carboxylic acid groups (broad SMARTS) is 1. The van der Waals surface area contributed by atoms with E-state index in [0.717, 1.165) is 19.4 Å². The van der Waals surface area contributed by atoms with Crippen molar-refractivity contribution in [1.82, 2.24) is 5.32 Å². The smallest absolute Gasteiger partial charge is 0.550 e. The fourth-order valence-corrected chi connectivity index (χ4v) is 3.67. The molecule has 1 unspecified atom stereocenters. The van der Waals surface area contributed by atoms with Gasteiger partial charge in [-0.15, -0.1) is 0 Å². The van der Waals surface area contributed by atoms with E-state index in [0.29, 0.717) is 25.5 Å². The molecule has 1 spiro atoms. The molecule has 0 radical (unpaired) electrons. The molecule has 1 aromatic carbocycles. The van der Waals surface area contributed by atoms with Gasteiger partial charge in [-0.25, -0.2) is 0 Å². The van der Waals surface area contributed by atoms with Gasteiger partial charge in [0.15, 0.2) is 0 Å². The SMILES string of the molecule is Cc1ccc(CNC2CCOC3(C2)CC(C(=O)[O-])C3)cc1C.[Na+]. The van der Waals surface area contributed by atoms with Crippen molar-refractivity contribution in [2.45, 2.75) is 57.7 Å². The summed E-state index contributed by atoms with van der Waals surface area (Å²) >= 11 is 0. The van der Waals surface area contributed by atoms with Gasteiger partial charge >= 0.3 is 29.6 Å². The summed E-state index contributed by atoms with van der Waals surface area (Å²) in [6.45, 7) is 5.83. The molecule has 2 fully saturated rings. The van der Waals surface area contributed by atoms with Crippen LogP contribution in [-0.2, 0) is 16.1 Å². The van der Waals surface area contributed by atoms with Gasteiger partial charge in [0.05, 0.1) is 5.60 Å². The maximum Gasteiger partial charge on any atom is 1.00 e. The third kappa shape index (κ3) is 4.37. The molecular formula is C18H24NNaO3. The number of hydrogen-bond acceptors (Lipinski definition) is 4. The van der Waals surface area contributed by atoms with Crippen LogP contribution in [0.4, 0.5) is 0 Å². The topological polar surface area (TPSA) is 61.4 Å². The van der Waals surface area contributed by atoms with Gasteiger partial charge in [0.2, 0.25) is 0 Å². The first-order valence-corrected chi connectivity index (χ1v) is 8.12. The standard InChI is InChI=1S/C18H25NO3.Na/c1-12-3-4-14(7-13(12)2)11-19-16-5-6-22-18(10-16)8-15(9-18)17(20)21;/h3-4,7,15-16,19H,5-6,8-11H2,1-2H3,(H,20,21);/q;+1/p-1. The minimum Gasteiger partial charge on any atom is -0.550 e. The fourth-order valence-electron chi connectivity index (χ4n) is 3.67. The van der Waals surface area contributed by atoms with Gasteiger partial charge in [-0.1, -0.05) is 18.2 Å². The fraction of sp³-hybridized carbons (Fsp3) is 0.611. The summed E-state index contributed by atoms with van der Waals surface area (Å²) in [5.74, 6) is -1.25. The molecule has 1 saturated carbocycles. The molecule has 3 rings (SSSR count). The Morgan fingerprint density at radius 2 is 2.04 bits per heavy atom. The Morgan fingerprint density at radius 3 is 2.70 bits per heavy atom. The summed E-state index contributed by atoms with van der Waals surface area (Å²) in [4.78, 5) is 10.9. The number of carbonyl (C=O) groups is 1. The summed E-state index contributed by atoms with van der Waals surface area (Å²) in [7, 11) is 0. The van der Waals surface area contributed by atoms with Gasteiger partial charge in [-0.2, -0.15) is 0 Å². The maximum atomic E-state index is 10.9. The molecule has 120 valence electrons. The molecule has 1 N–H and O–H groups in total. The Morgan fingerprint density at radius 1 is 1.30 bits per heavy atom. The van der Waals surface area contributed by atoms with E-state index in [4.69, 9.17) is 4.74 Å². The Bertz CT molecular complexity index is 569. The number of benzene rings is 1. The monoisotopic (exact) mass is 325 g/mol. The number of rotatable bonds is 4. The zero-order chi connectivity index (χ0) is 15.7. The van der Waals surface area contributed by atoms with Crippen molar-refractivity contribution in [3.63, 3.8) is 0 Å².